The van der Waals surface area contributed by atoms with E-state index in [-0.39, 0.29) is 18.7 Å². The zero-order valence-corrected chi connectivity index (χ0v) is 19.3. The molecule has 1 aromatic rings. The Hall–Kier alpha value is -1.89. The Balaban J connectivity index is 1.18. The fourth-order valence-electron chi connectivity index (χ4n) is 6.31. The molecule has 0 N–H and O–H groups in total. The average molecular weight is 443 g/mol. The van der Waals surface area contributed by atoms with E-state index in [9.17, 15) is 4.79 Å². The topological polar surface area (TPSA) is 63.2 Å². The highest BCUT2D eigenvalue weighted by molar-refractivity contribution is 5.67. The van der Waals surface area contributed by atoms with Crippen LogP contribution in [0.4, 0.5) is 0 Å². The van der Waals surface area contributed by atoms with Gasteiger partial charge in [0, 0.05) is 18.8 Å². The van der Waals surface area contributed by atoms with Gasteiger partial charge in [0.2, 0.25) is 5.79 Å². The van der Waals surface area contributed by atoms with Crippen LogP contribution in [0.25, 0.3) is 5.57 Å². The summed E-state index contributed by atoms with van der Waals surface area (Å²) in [5.41, 5.74) is 1.16. The molecule has 0 aromatic heterocycles. The Morgan fingerprint density at radius 2 is 1.72 bits per heavy atom. The minimum absolute atomic E-state index is 0.187. The molecule has 6 nitrogen and oxygen atoms in total. The minimum atomic E-state index is -0.620. The van der Waals surface area contributed by atoms with Gasteiger partial charge in [-0.1, -0.05) is 18.7 Å². The van der Waals surface area contributed by atoms with Crippen LogP contribution in [0, 0.1) is 23.7 Å². The van der Waals surface area contributed by atoms with Gasteiger partial charge >= 0.3 is 5.97 Å². The van der Waals surface area contributed by atoms with Crippen molar-refractivity contribution in [3.05, 3.63) is 36.4 Å². The van der Waals surface area contributed by atoms with Gasteiger partial charge in [0.05, 0.1) is 6.61 Å². The zero-order chi connectivity index (χ0) is 22.5. The summed E-state index contributed by atoms with van der Waals surface area (Å²) in [6.45, 7) is 10.1. The smallest absolute Gasteiger partial charge is 0.302 e. The Labute approximate surface area is 190 Å². The Bertz CT molecular complexity index is 835. The summed E-state index contributed by atoms with van der Waals surface area (Å²) in [5, 5.41) is 0. The number of carbonyl (C=O) groups excluding carboxylic acids is 1. The summed E-state index contributed by atoms with van der Waals surface area (Å²) in [4.78, 5) is 23.1. The summed E-state index contributed by atoms with van der Waals surface area (Å²) in [7, 11) is 0. The number of carbonyl (C=O) groups is 1. The third kappa shape index (κ3) is 4.09. The number of hydrogen-bond acceptors (Lipinski definition) is 6. The SMILES string of the molecule is C=C(c1ccc(OC(C)(C)COC(C)=O)cc1)C1COC2(OO1)C1CC3CC(C1)CC2C3. The molecule has 6 heteroatoms. The quantitative estimate of drug-likeness (QED) is 0.460. The van der Waals surface area contributed by atoms with Crippen molar-refractivity contribution in [3.63, 3.8) is 0 Å². The van der Waals surface area contributed by atoms with E-state index in [1.165, 1.54) is 39.0 Å². The van der Waals surface area contributed by atoms with Crippen LogP contribution >= 0.6 is 0 Å². The van der Waals surface area contributed by atoms with Crippen LogP contribution in [0.15, 0.2) is 30.8 Å². The molecule has 0 radical (unpaired) electrons. The fraction of sp³-hybridized carbons (Fsp3) is 0.654. The van der Waals surface area contributed by atoms with Crippen molar-refractivity contribution in [3.8, 4) is 5.75 Å². The second-order valence-corrected chi connectivity index (χ2v) is 10.7. The third-order valence-corrected chi connectivity index (χ3v) is 7.66. The van der Waals surface area contributed by atoms with E-state index < -0.39 is 11.4 Å². The lowest BCUT2D eigenvalue weighted by atomic mass is 9.53. The molecule has 5 aliphatic rings. The average Bonchev–Trinajstić information content (AvgIpc) is 2.76. The molecule has 1 aromatic carbocycles. The van der Waals surface area contributed by atoms with Crippen LogP contribution < -0.4 is 4.74 Å². The van der Waals surface area contributed by atoms with E-state index >= 15 is 0 Å². The maximum Gasteiger partial charge on any atom is 0.302 e. The molecule has 0 amide bonds. The summed E-state index contributed by atoms with van der Waals surface area (Å²) in [5.74, 6) is 2.45. The van der Waals surface area contributed by atoms with Gasteiger partial charge in [-0.3, -0.25) is 4.79 Å². The van der Waals surface area contributed by atoms with Gasteiger partial charge in [-0.25, -0.2) is 4.89 Å². The first-order valence-electron chi connectivity index (χ1n) is 11.8. The van der Waals surface area contributed by atoms with Crippen molar-refractivity contribution < 1.29 is 28.8 Å². The highest BCUT2D eigenvalue weighted by Gasteiger charge is 2.61. The zero-order valence-electron chi connectivity index (χ0n) is 19.3. The molecular formula is C26H34O6. The van der Waals surface area contributed by atoms with Crippen LogP contribution in [-0.2, 0) is 24.0 Å². The molecule has 5 fully saturated rings. The summed E-state index contributed by atoms with van der Waals surface area (Å²) >= 11 is 0. The molecule has 1 unspecified atom stereocenters. The molecule has 1 saturated heterocycles. The van der Waals surface area contributed by atoms with Crippen LogP contribution in [0.1, 0.15) is 58.4 Å². The van der Waals surface area contributed by atoms with E-state index in [4.69, 9.17) is 24.0 Å². The molecular weight excluding hydrogens is 408 g/mol. The maximum absolute atomic E-state index is 11.1. The first-order valence-corrected chi connectivity index (χ1v) is 11.8. The second kappa shape index (κ2) is 8.15. The number of ether oxygens (including phenoxy) is 3. The van der Waals surface area contributed by atoms with Gasteiger partial charge in [0.25, 0.3) is 0 Å². The van der Waals surface area contributed by atoms with Crippen molar-refractivity contribution in [2.75, 3.05) is 13.2 Å². The van der Waals surface area contributed by atoms with Crippen LogP contribution in [0.5, 0.6) is 5.75 Å². The third-order valence-electron chi connectivity index (χ3n) is 7.66. The summed E-state index contributed by atoms with van der Waals surface area (Å²) in [6, 6.07) is 7.69. The van der Waals surface area contributed by atoms with E-state index in [1.54, 1.807) is 0 Å². The van der Waals surface area contributed by atoms with Gasteiger partial charge in [-0.2, -0.15) is 4.89 Å². The largest absolute Gasteiger partial charge is 0.484 e. The van der Waals surface area contributed by atoms with Gasteiger partial charge in [0.1, 0.15) is 24.1 Å². The molecule has 6 rings (SSSR count). The van der Waals surface area contributed by atoms with Crippen molar-refractivity contribution in [2.24, 2.45) is 23.7 Å². The predicted molar refractivity (Wildman–Crippen MR) is 119 cm³/mol. The monoisotopic (exact) mass is 442 g/mol. The lowest BCUT2D eigenvalue weighted by molar-refractivity contribution is -0.517. The first kappa shape index (κ1) is 21.9. The lowest BCUT2D eigenvalue weighted by Crippen LogP contribution is -2.63. The summed E-state index contributed by atoms with van der Waals surface area (Å²) in [6.07, 6.45) is 5.89. The van der Waals surface area contributed by atoms with Crippen LogP contribution in [0.2, 0.25) is 0 Å². The second-order valence-electron chi connectivity index (χ2n) is 10.7. The highest BCUT2D eigenvalue weighted by atomic mass is 17.2. The molecule has 1 aliphatic heterocycles. The number of rotatable bonds is 6. The number of esters is 1. The van der Waals surface area contributed by atoms with Crippen LogP contribution in [-0.4, -0.2) is 36.7 Å². The Kier molecular flexibility index (Phi) is 5.59. The van der Waals surface area contributed by atoms with Crippen molar-refractivity contribution in [1.29, 1.82) is 0 Å². The van der Waals surface area contributed by atoms with E-state index in [2.05, 4.69) is 6.58 Å². The van der Waals surface area contributed by atoms with Crippen molar-refractivity contribution in [2.45, 2.75) is 70.4 Å². The minimum Gasteiger partial charge on any atom is -0.484 e. The molecule has 4 bridgehead atoms. The van der Waals surface area contributed by atoms with Crippen molar-refractivity contribution in [1.82, 2.24) is 0 Å². The Morgan fingerprint density at radius 3 is 2.25 bits per heavy atom. The van der Waals surface area contributed by atoms with Crippen molar-refractivity contribution >= 4 is 11.5 Å². The number of hydrogen-bond donors (Lipinski definition) is 0. The molecule has 1 spiro atoms. The Morgan fingerprint density at radius 1 is 1.09 bits per heavy atom. The fourth-order valence-corrected chi connectivity index (χ4v) is 6.31. The number of benzene rings is 1. The molecule has 4 saturated carbocycles. The molecule has 174 valence electrons. The van der Waals surface area contributed by atoms with Gasteiger partial charge in [-0.05, 0) is 81.1 Å². The van der Waals surface area contributed by atoms with Gasteiger partial charge in [-0.15, -0.1) is 0 Å². The normalized spacial score (nSPS) is 35.7. The van der Waals surface area contributed by atoms with Gasteiger partial charge < -0.3 is 14.2 Å². The summed E-state index contributed by atoms with van der Waals surface area (Å²) < 4.78 is 17.5. The highest BCUT2D eigenvalue weighted by Crippen LogP contribution is 2.60. The van der Waals surface area contributed by atoms with E-state index in [0.29, 0.717) is 24.2 Å². The van der Waals surface area contributed by atoms with E-state index in [0.717, 1.165) is 23.0 Å². The first-order chi connectivity index (χ1) is 15.2. The van der Waals surface area contributed by atoms with Crippen LogP contribution in [0.3, 0.4) is 0 Å². The predicted octanol–water partition coefficient (Wildman–Crippen LogP) is 4.92. The van der Waals surface area contributed by atoms with E-state index in [1.807, 2.05) is 38.1 Å². The lowest BCUT2D eigenvalue weighted by Gasteiger charge is -2.60. The molecule has 1 atom stereocenters. The molecule has 32 heavy (non-hydrogen) atoms. The standard InChI is InChI=1S/C26H34O6/c1-16(20-5-7-23(8-6-20)30-25(3,4)15-28-17(2)27)24-14-29-26(32-31-24)21-10-18-9-19(12-21)13-22(26)11-18/h5-8,18-19,21-22,24H,1,9-15H2,2-4H3. The molecule has 1 heterocycles. The molecule has 4 aliphatic carbocycles. The van der Waals surface area contributed by atoms with Gasteiger partial charge in [0.15, 0.2) is 0 Å². The maximum atomic E-state index is 11.1.